The third kappa shape index (κ3) is 6.13. The maximum atomic E-state index is 12.4. The average Bonchev–Trinajstić information content (AvgIpc) is 2.47. The molecule has 1 saturated carbocycles. The summed E-state index contributed by atoms with van der Waals surface area (Å²) in [6.45, 7) is 9.80. The van der Waals surface area contributed by atoms with Gasteiger partial charge in [0.05, 0.1) is 12.1 Å². The number of hydrogen-bond acceptors (Lipinski definition) is 5. The fourth-order valence-corrected chi connectivity index (χ4v) is 3.60. The van der Waals surface area contributed by atoms with Crippen LogP contribution in [-0.2, 0) is 4.79 Å². The smallest absolute Gasteiger partial charge is 0.317 e. The summed E-state index contributed by atoms with van der Waals surface area (Å²) in [6, 6.07) is 0.345. The summed E-state index contributed by atoms with van der Waals surface area (Å²) in [6.07, 6.45) is 1.62. The maximum Gasteiger partial charge on any atom is 0.317 e. The van der Waals surface area contributed by atoms with Gasteiger partial charge < -0.3 is 20.4 Å². The van der Waals surface area contributed by atoms with E-state index >= 15 is 0 Å². The maximum absolute atomic E-state index is 12.4. The number of amides is 2. The molecule has 1 aliphatic carbocycles. The fraction of sp³-hybridized carbons (Fsp3) is 0.882. The summed E-state index contributed by atoms with van der Waals surface area (Å²) in [5.74, 6) is -0.807. The zero-order valence-corrected chi connectivity index (χ0v) is 15.6. The highest BCUT2D eigenvalue weighted by atomic mass is 16.4. The van der Waals surface area contributed by atoms with E-state index in [4.69, 9.17) is 5.11 Å². The molecule has 0 radical (unpaired) electrons. The van der Waals surface area contributed by atoms with Gasteiger partial charge in [0.15, 0.2) is 0 Å². The van der Waals surface area contributed by atoms with Gasteiger partial charge in [-0.2, -0.15) is 0 Å². The second-order valence-electron chi connectivity index (χ2n) is 7.80. The van der Waals surface area contributed by atoms with Crippen LogP contribution in [0.2, 0.25) is 0 Å². The first-order chi connectivity index (χ1) is 11.7. The number of carboxylic acid groups (broad SMARTS) is 1. The summed E-state index contributed by atoms with van der Waals surface area (Å²) >= 11 is 0. The van der Waals surface area contributed by atoms with Crippen LogP contribution in [0.5, 0.6) is 0 Å². The van der Waals surface area contributed by atoms with E-state index in [9.17, 15) is 14.7 Å². The van der Waals surface area contributed by atoms with Crippen molar-refractivity contribution >= 4 is 12.0 Å². The number of urea groups is 1. The Morgan fingerprint density at radius 1 is 1.20 bits per heavy atom. The molecule has 0 aromatic carbocycles. The van der Waals surface area contributed by atoms with Crippen LogP contribution in [-0.4, -0.2) is 100 Å². The largest absolute Gasteiger partial charge is 0.480 e. The molecular weight excluding hydrogens is 324 g/mol. The molecule has 1 saturated heterocycles. The van der Waals surface area contributed by atoms with E-state index in [1.165, 1.54) is 0 Å². The van der Waals surface area contributed by atoms with Crippen LogP contribution in [0.3, 0.4) is 0 Å². The van der Waals surface area contributed by atoms with Gasteiger partial charge >= 0.3 is 12.0 Å². The lowest BCUT2D eigenvalue weighted by molar-refractivity contribution is -0.139. The number of rotatable bonds is 7. The molecule has 0 spiro atoms. The number of nitrogens with one attached hydrogen (secondary N) is 1. The highest BCUT2D eigenvalue weighted by Gasteiger charge is 2.35. The molecule has 0 aromatic heterocycles. The average molecular weight is 356 g/mol. The van der Waals surface area contributed by atoms with Gasteiger partial charge in [-0.05, 0) is 33.2 Å². The van der Waals surface area contributed by atoms with Crippen LogP contribution in [0.15, 0.2) is 0 Å². The summed E-state index contributed by atoms with van der Waals surface area (Å²) in [7, 11) is 0. The molecule has 25 heavy (non-hydrogen) atoms. The van der Waals surface area contributed by atoms with E-state index in [-0.39, 0.29) is 24.7 Å². The summed E-state index contributed by atoms with van der Waals surface area (Å²) in [4.78, 5) is 29.2. The Morgan fingerprint density at radius 3 is 2.28 bits per heavy atom. The molecule has 1 aliphatic heterocycles. The Bertz CT molecular complexity index is 466. The number of carboxylic acids is 1. The first kappa shape index (κ1) is 19.9. The van der Waals surface area contributed by atoms with Crippen LogP contribution in [0, 0.1) is 0 Å². The number of piperazine rings is 1. The SMILES string of the molecule is CCN(CC(=O)O)C1CC(NC(=O)N2CCN(CC(C)(C)O)CC2)C1. The quantitative estimate of drug-likeness (QED) is 0.595. The minimum Gasteiger partial charge on any atom is -0.480 e. The molecule has 0 bridgehead atoms. The highest BCUT2D eigenvalue weighted by molar-refractivity contribution is 5.74. The molecule has 2 amide bonds. The number of aliphatic hydroxyl groups is 1. The Labute approximate surface area is 149 Å². The molecule has 8 nitrogen and oxygen atoms in total. The van der Waals surface area contributed by atoms with Crippen molar-refractivity contribution in [2.24, 2.45) is 0 Å². The van der Waals surface area contributed by atoms with Crippen LogP contribution >= 0.6 is 0 Å². The Morgan fingerprint density at radius 2 is 1.80 bits per heavy atom. The van der Waals surface area contributed by atoms with Gasteiger partial charge in [-0.25, -0.2) is 4.79 Å². The predicted octanol–water partition coefficient (Wildman–Crippen LogP) is 0.0220. The summed E-state index contributed by atoms with van der Waals surface area (Å²) in [5.41, 5.74) is -0.716. The van der Waals surface area contributed by atoms with Crippen molar-refractivity contribution in [1.82, 2.24) is 20.0 Å². The summed E-state index contributed by atoms with van der Waals surface area (Å²) < 4.78 is 0. The second kappa shape index (κ2) is 8.33. The van der Waals surface area contributed by atoms with E-state index in [0.29, 0.717) is 26.2 Å². The fourth-order valence-electron chi connectivity index (χ4n) is 3.60. The van der Waals surface area contributed by atoms with Crippen LogP contribution < -0.4 is 5.32 Å². The van der Waals surface area contributed by atoms with E-state index in [1.807, 2.05) is 16.7 Å². The lowest BCUT2D eigenvalue weighted by Gasteiger charge is -2.43. The zero-order chi connectivity index (χ0) is 18.6. The lowest BCUT2D eigenvalue weighted by Crippen LogP contribution is -2.59. The molecular formula is C17H32N4O4. The van der Waals surface area contributed by atoms with Gasteiger partial charge in [0.2, 0.25) is 0 Å². The van der Waals surface area contributed by atoms with Crippen molar-refractivity contribution < 1.29 is 19.8 Å². The minimum atomic E-state index is -0.807. The molecule has 144 valence electrons. The van der Waals surface area contributed by atoms with E-state index in [2.05, 4.69) is 10.2 Å². The van der Waals surface area contributed by atoms with Crippen molar-refractivity contribution in [2.75, 3.05) is 45.8 Å². The Kier molecular flexibility index (Phi) is 6.65. The van der Waals surface area contributed by atoms with Crippen molar-refractivity contribution in [3.05, 3.63) is 0 Å². The van der Waals surface area contributed by atoms with Gasteiger partial charge in [-0.3, -0.25) is 14.6 Å². The van der Waals surface area contributed by atoms with Crippen LogP contribution in [0.4, 0.5) is 4.79 Å². The normalized spacial score (nSPS) is 24.9. The second-order valence-corrected chi connectivity index (χ2v) is 7.80. The molecule has 1 heterocycles. The van der Waals surface area contributed by atoms with Crippen LogP contribution in [0.25, 0.3) is 0 Å². The number of nitrogens with zero attached hydrogens (tertiary/aromatic N) is 3. The molecule has 2 fully saturated rings. The van der Waals surface area contributed by atoms with E-state index in [1.54, 1.807) is 13.8 Å². The topological polar surface area (TPSA) is 96.4 Å². The lowest BCUT2D eigenvalue weighted by atomic mass is 9.85. The minimum absolute atomic E-state index is 0.0346. The molecule has 2 aliphatic rings. The van der Waals surface area contributed by atoms with Crippen molar-refractivity contribution in [3.63, 3.8) is 0 Å². The number of carbonyl (C=O) groups is 2. The van der Waals surface area contributed by atoms with Crippen molar-refractivity contribution in [2.45, 2.75) is 51.3 Å². The van der Waals surface area contributed by atoms with Gasteiger partial charge in [-0.15, -0.1) is 0 Å². The van der Waals surface area contributed by atoms with Gasteiger partial charge in [0.1, 0.15) is 0 Å². The van der Waals surface area contributed by atoms with Crippen molar-refractivity contribution in [3.8, 4) is 0 Å². The summed E-state index contributed by atoms with van der Waals surface area (Å²) in [5, 5.41) is 21.8. The molecule has 3 N–H and O–H groups in total. The van der Waals surface area contributed by atoms with Gasteiger partial charge in [0.25, 0.3) is 0 Å². The predicted molar refractivity (Wildman–Crippen MR) is 94.5 cm³/mol. The first-order valence-electron chi connectivity index (χ1n) is 9.14. The standard InChI is InChI=1S/C17H32N4O4/c1-4-20(11-15(22)23)14-9-13(10-14)18-16(24)21-7-5-19(6-8-21)12-17(2,3)25/h13-14,25H,4-12H2,1-3H3,(H,18,24)(H,22,23). The number of likely N-dealkylation sites (N-methyl/N-ethyl adjacent to an activating group) is 1. The van der Waals surface area contributed by atoms with Crippen molar-refractivity contribution in [1.29, 1.82) is 0 Å². The molecule has 0 atom stereocenters. The van der Waals surface area contributed by atoms with Gasteiger partial charge in [-0.1, -0.05) is 6.92 Å². The Hall–Kier alpha value is -1.38. The number of β-amino-alcohol motifs (C(OH)–C–C–N with tert-alkyl or cyclic N) is 1. The Balaban J connectivity index is 1.68. The highest BCUT2D eigenvalue weighted by Crippen LogP contribution is 2.25. The molecule has 2 rings (SSSR count). The zero-order valence-electron chi connectivity index (χ0n) is 15.6. The number of carbonyl (C=O) groups excluding carboxylic acids is 1. The molecule has 0 unspecified atom stereocenters. The van der Waals surface area contributed by atoms with E-state index in [0.717, 1.165) is 25.9 Å². The number of hydrogen-bond donors (Lipinski definition) is 3. The van der Waals surface area contributed by atoms with E-state index < -0.39 is 11.6 Å². The molecule has 8 heteroatoms. The number of aliphatic carboxylic acids is 1. The van der Waals surface area contributed by atoms with Gasteiger partial charge in [0, 0.05) is 44.8 Å². The third-order valence-corrected chi connectivity index (χ3v) is 4.97. The monoisotopic (exact) mass is 356 g/mol. The first-order valence-corrected chi connectivity index (χ1v) is 9.14. The third-order valence-electron chi connectivity index (χ3n) is 4.97. The van der Waals surface area contributed by atoms with Crippen LogP contribution in [0.1, 0.15) is 33.6 Å². The molecule has 0 aromatic rings.